The maximum absolute atomic E-state index is 11.9. The molecule has 0 saturated carbocycles. The molecule has 21 heavy (non-hydrogen) atoms. The largest absolute Gasteiger partial charge is 0.492 e. The number of anilines is 1. The van der Waals surface area contributed by atoms with E-state index in [1.54, 1.807) is 24.3 Å². The van der Waals surface area contributed by atoms with Gasteiger partial charge in [0, 0.05) is 0 Å². The third-order valence-electron chi connectivity index (χ3n) is 2.65. The zero-order valence-corrected chi connectivity index (χ0v) is 12.9. The molecule has 0 bridgehead atoms. The Balaban J connectivity index is 2.65. The van der Waals surface area contributed by atoms with Gasteiger partial charge in [0.25, 0.3) is 0 Å². The number of nitrogens with one attached hydrogen (secondary N) is 2. The normalized spacial score (nSPS) is 11.5. The van der Waals surface area contributed by atoms with Crippen LogP contribution in [-0.2, 0) is 4.79 Å². The Labute approximate surface area is 128 Å². The summed E-state index contributed by atoms with van der Waals surface area (Å²) in [5.41, 5.74) is 0.505. The van der Waals surface area contributed by atoms with Gasteiger partial charge in [-0.05, 0) is 37.5 Å². The summed E-state index contributed by atoms with van der Waals surface area (Å²) in [6.07, 6.45) is 2.26. The number of hydrogen-bond donors (Lipinski definition) is 3. The highest BCUT2D eigenvalue weighted by atomic mass is 32.2. The van der Waals surface area contributed by atoms with Crippen molar-refractivity contribution in [2.45, 2.75) is 19.4 Å². The minimum atomic E-state index is -1.04. The topological polar surface area (TPSA) is 87.7 Å². The van der Waals surface area contributed by atoms with Gasteiger partial charge < -0.3 is 20.5 Å². The number of rotatable bonds is 8. The smallest absolute Gasteiger partial charge is 0.326 e. The van der Waals surface area contributed by atoms with Gasteiger partial charge in [0.05, 0.1) is 12.3 Å². The summed E-state index contributed by atoms with van der Waals surface area (Å²) in [6, 6.07) is 5.53. The minimum absolute atomic E-state index is 0.372. The molecular weight excluding hydrogens is 292 g/mol. The summed E-state index contributed by atoms with van der Waals surface area (Å²) in [5, 5.41) is 14.1. The Morgan fingerprint density at radius 3 is 2.71 bits per heavy atom. The lowest BCUT2D eigenvalue weighted by Gasteiger charge is -2.16. The Morgan fingerprint density at radius 2 is 2.10 bits per heavy atom. The molecule has 0 unspecified atom stereocenters. The summed E-state index contributed by atoms with van der Waals surface area (Å²) >= 11 is 1.53. The number of carbonyl (C=O) groups is 2. The molecule has 2 amide bonds. The van der Waals surface area contributed by atoms with E-state index >= 15 is 0 Å². The number of carbonyl (C=O) groups excluding carboxylic acids is 1. The fourth-order valence-corrected chi connectivity index (χ4v) is 2.13. The lowest BCUT2D eigenvalue weighted by Crippen LogP contribution is -2.43. The molecule has 0 saturated heterocycles. The molecule has 6 nitrogen and oxygen atoms in total. The number of carboxylic acids is 1. The Hall–Kier alpha value is -1.89. The second-order valence-electron chi connectivity index (χ2n) is 4.20. The molecule has 3 N–H and O–H groups in total. The average Bonchev–Trinajstić information content (AvgIpc) is 2.45. The van der Waals surface area contributed by atoms with E-state index in [1.807, 2.05) is 13.2 Å². The van der Waals surface area contributed by atoms with E-state index in [1.165, 1.54) is 11.8 Å². The van der Waals surface area contributed by atoms with Crippen LogP contribution in [0.25, 0.3) is 0 Å². The maximum atomic E-state index is 11.9. The van der Waals surface area contributed by atoms with Crippen LogP contribution in [0.1, 0.15) is 13.3 Å². The summed E-state index contributed by atoms with van der Waals surface area (Å²) in [5.74, 6) is 0.163. The van der Waals surface area contributed by atoms with Crippen LogP contribution >= 0.6 is 11.8 Å². The first-order chi connectivity index (χ1) is 10.1. The fraction of sp³-hybridized carbons (Fsp3) is 0.429. The van der Waals surface area contributed by atoms with Crippen molar-refractivity contribution in [1.82, 2.24) is 5.32 Å². The molecule has 1 aromatic rings. The zero-order valence-electron chi connectivity index (χ0n) is 12.1. The predicted octanol–water partition coefficient (Wildman–Crippen LogP) is 2.41. The third-order valence-corrected chi connectivity index (χ3v) is 3.29. The van der Waals surface area contributed by atoms with Crippen molar-refractivity contribution in [1.29, 1.82) is 0 Å². The van der Waals surface area contributed by atoms with E-state index in [0.717, 1.165) is 0 Å². The number of carboxylic acid groups (broad SMARTS) is 1. The third kappa shape index (κ3) is 5.95. The number of hydrogen-bond acceptors (Lipinski definition) is 4. The maximum Gasteiger partial charge on any atom is 0.326 e. The van der Waals surface area contributed by atoms with Gasteiger partial charge >= 0.3 is 12.0 Å². The second-order valence-corrected chi connectivity index (χ2v) is 5.19. The van der Waals surface area contributed by atoms with Crippen molar-refractivity contribution >= 4 is 29.4 Å². The predicted molar refractivity (Wildman–Crippen MR) is 84.2 cm³/mol. The first-order valence-corrected chi connectivity index (χ1v) is 7.99. The van der Waals surface area contributed by atoms with Crippen molar-refractivity contribution < 1.29 is 19.4 Å². The molecule has 0 aliphatic rings. The van der Waals surface area contributed by atoms with Gasteiger partial charge in [-0.1, -0.05) is 12.1 Å². The van der Waals surface area contributed by atoms with Crippen LogP contribution in [0, 0.1) is 0 Å². The van der Waals surface area contributed by atoms with E-state index in [-0.39, 0.29) is 0 Å². The standard InChI is InChI=1S/C14H20N2O4S/c1-3-20-12-7-5-4-6-10(12)15-14(19)16-11(13(17)18)8-9-21-2/h4-7,11H,3,8-9H2,1-2H3,(H,17,18)(H2,15,16,19)/t11-/m0/s1. The van der Waals surface area contributed by atoms with Gasteiger partial charge in [-0.3, -0.25) is 0 Å². The van der Waals surface area contributed by atoms with Crippen molar-refractivity contribution in [3.8, 4) is 5.75 Å². The Kier molecular flexibility index (Phi) is 7.45. The van der Waals surface area contributed by atoms with Crippen molar-refractivity contribution in [3.63, 3.8) is 0 Å². The zero-order chi connectivity index (χ0) is 15.7. The van der Waals surface area contributed by atoms with Gasteiger partial charge in [-0.25, -0.2) is 9.59 Å². The van der Waals surface area contributed by atoms with Gasteiger partial charge in [-0.2, -0.15) is 11.8 Å². The van der Waals surface area contributed by atoms with Crippen LogP contribution in [0.2, 0.25) is 0 Å². The number of amides is 2. The number of thioether (sulfide) groups is 1. The molecule has 0 aliphatic carbocycles. The van der Waals surface area contributed by atoms with Gasteiger partial charge in [-0.15, -0.1) is 0 Å². The van der Waals surface area contributed by atoms with E-state index in [9.17, 15) is 9.59 Å². The van der Waals surface area contributed by atoms with Crippen molar-refractivity contribution in [2.24, 2.45) is 0 Å². The van der Waals surface area contributed by atoms with E-state index in [4.69, 9.17) is 9.84 Å². The fourth-order valence-electron chi connectivity index (χ4n) is 1.66. The molecule has 1 atom stereocenters. The number of para-hydroxylation sites is 2. The Morgan fingerprint density at radius 1 is 1.38 bits per heavy atom. The van der Waals surface area contributed by atoms with Crippen molar-refractivity contribution in [2.75, 3.05) is 23.9 Å². The summed E-state index contributed by atoms with van der Waals surface area (Å²) < 4.78 is 5.39. The summed E-state index contributed by atoms with van der Waals surface area (Å²) in [6.45, 7) is 2.32. The SMILES string of the molecule is CCOc1ccccc1NC(=O)N[C@@H](CCSC)C(=O)O. The summed E-state index contributed by atoms with van der Waals surface area (Å²) in [7, 11) is 0. The molecule has 0 aromatic heterocycles. The highest BCUT2D eigenvalue weighted by Gasteiger charge is 2.19. The van der Waals surface area contributed by atoms with Crippen LogP contribution in [0.15, 0.2) is 24.3 Å². The van der Waals surface area contributed by atoms with Crippen LogP contribution in [0.5, 0.6) is 5.75 Å². The minimum Gasteiger partial charge on any atom is -0.492 e. The van der Waals surface area contributed by atoms with E-state index in [0.29, 0.717) is 30.2 Å². The Bertz CT molecular complexity index is 482. The molecule has 0 heterocycles. The van der Waals surface area contributed by atoms with E-state index < -0.39 is 18.0 Å². The average molecular weight is 312 g/mol. The molecule has 116 valence electrons. The quantitative estimate of drug-likeness (QED) is 0.686. The van der Waals surface area contributed by atoms with Crippen LogP contribution in [-0.4, -0.2) is 41.8 Å². The number of benzene rings is 1. The van der Waals surface area contributed by atoms with Gasteiger partial charge in [0.1, 0.15) is 11.8 Å². The lowest BCUT2D eigenvalue weighted by molar-refractivity contribution is -0.139. The molecular formula is C14H20N2O4S. The van der Waals surface area contributed by atoms with Gasteiger partial charge in [0.2, 0.25) is 0 Å². The first-order valence-electron chi connectivity index (χ1n) is 6.59. The van der Waals surface area contributed by atoms with Crippen LogP contribution in [0.4, 0.5) is 10.5 Å². The van der Waals surface area contributed by atoms with Crippen LogP contribution in [0.3, 0.4) is 0 Å². The molecule has 0 fully saturated rings. The lowest BCUT2D eigenvalue weighted by atomic mass is 10.2. The molecule has 1 aromatic carbocycles. The van der Waals surface area contributed by atoms with E-state index in [2.05, 4.69) is 10.6 Å². The summed E-state index contributed by atoms with van der Waals surface area (Å²) in [4.78, 5) is 23.0. The highest BCUT2D eigenvalue weighted by Crippen LogP contribution is 2.23. The second kappa shape index (κ2) is 9.12. The molecule has 0 spiro atoms. The molecule has 0 aliphatic heterocycles. The monoisotopic (exact) mass is 312 g/mol. The number of urea groups is 1. The number of ether oxygens (including phenoxy) is 1. The molecule has 0 radical (unpaired) electrons. The first kappa shape index (κ1) is 17.2. The molecule has 7 heteroatoms. The number of aliphatic carboxylic acids is 1. The highest BCUT2D eigenvalue weighted by molar-refractivity contribution is 7.98. The van der Waals surface area contributed by atoms with Gasteiger partial charge in [0.15, 0.2) is 0 Å². The van der Waals surface area contributed by atoms with Crippen molar-refractivity contribution in [3.05, 3.63) is 24.3 Å². The van der Waals surface area contributed by atoms with Crippen LogP contribution < -0.4 is 15.4 Å². The molecule has 1 rings (SSSR count).